The molecule has 2 aromatic carbocycles. The SMILES string of the molecule is CCCCOc1cc2ncn(-c3ccccc3)c2cc1OCCCC. The maximum atomic E-state index is 6.01. The van der Waals surface area contributed by atoms with E-state index in [2.05, 4.69) is 35.5 Å². The molecule has 0 saturated heterocycles. The van der Waals surface area contributed by atoms with Crippen LogP contribution in [0.15, 0.2) is 48.8 Å². The molecule has 0 aliphatic heterocycles. The third-order valence-electron chi connectivity index (χ3n) is 4.16. The molecule has 0 saturated carbocycles. The van der Waals surface area contributed by atoms with Gasteiger partial charge in [-0.1, -0.05) is 44.9 Å². The van der Waals surface area contributed by atoms with Gasteiger partial charge in [-0.3, -0.25) is 4.57 Å². The summed E-state index contributed by atoms with van der Waals surface area (Å²) in [7, 11) is 0. The molecule has 0 fully saturated rings. The Morgan fingerprint density at radius 3 is 2.16 bits per heavy atom. The molecule has 3 aromatic rings. The summed E-state index contributed by atoms with van der Waals surface area (Å²) in [6.07, 6.45) is 6.13. The Labute approximate surface area is 149 Å². The van der Waals surface area contributed by atoms with E-state index in [1.54, 1.807) is 0 Å². The molecule has 0 unspecified atom stereocenters. The van der Waals surface area contributed by atoms with Gasteiger partial charge in [0.05, 0.1) is 24.2 Å². The molecular weight excluding hydrogens is 312 g/mol. The van der Waals surface area contributed by atoms with Crippen molar-refractivity contribution in [3.8, 4) is 17.2 Å². The zero-order chi connectivity index (χ0) is 17.5. The van der Waals surface area contributed by atoms with Crippen LogP contribution in [0.2, 0.25) is 0 Å². The largest absolute Gasteiger partial charge is 0.490 e. The number of nitrogens with zero attached hydrogens (tertiary/aromatic N) is 2. The summed E-state index contributed by atoms with van der Waals surface area (Å²) < 4.78 is 14.0. The molecule has 0 bridgehead atoms. The Morgan fingerprint density at radius 1 is 0.880 bits per heavy atom. The minimum absolute atomic E-state index is 0.700. The fourth-order valence-electron chi connectivity index (χ4n) is 2.69. The lowest BCUT2D eigenvalue weighted by atomic mass is 10.2. The summed E-state index contributed by atoms with van der Waals surface area (Å²) in [5.74, 6) is 1.59. The normalized spacial score (nSPS) is 11.0. The van der Waals surface area contributed by atoms with Crippen LogP contribution in [0.1, 0.15) is 39.5 Å². The van der Waals surface area contributed by atoms with Crippen LogP contribution in [-0.4, -0.2) is 22.8 Å². The number of ether oxygens (including phenoxy) is 2. The second kappa shape index (κ2) is 8.56. The minimum Gasteiger partial charge on any atom is -0.490 e. The van der Waals surface area contributed by atoms with Gasteiger partial charge in [0.25, 0.3) is 0 Å². The van der Waals surface area contributed by atoms with Crippen molar-refractivity contribution >= 4 is 11.0 Å². The summed E-state index contributed by atoms with van der Waals surface area (Å²) in [6.45, 7) is 5.72. The van der Waals surface area contributed by atoms with E-state index < -0.39 is 0 Å². The van der Waals surface area contributed by atoms with Crippen LogP contribution in [0.25, 0.3) is 16.7 Å². The predicted octanol–water partition coefficient (Wildman–Crippen LogP) is 5.38. The van der Waals surface area contributed by atoms with Crippen molar-refractivity contribution in [2.24, 2.45) is 0 Å². The number of imidazole rings is 1. The van der Waals surface area contributed by atoms with Gasteiger partial charge in [-0.25, -0.2) is 4.98 Å². The molecule has 25 heavy (non-hydrogen) atoms. The lowest BCUT2D eigenvalue weighted by Gasteiger charge is -2.13. The molecule has 3 rings (SSSR count). The highest BCUT2D eigenvalue weighted by Crippen LogP contribution is 2.33. The van der Waals surface area contributed by atoms with Crippen LogP contribution in [0.4, 0.5) is 0 Å². The molecule has 0 spiro atoms. The molecule has 4 nitrogen and oxygen atoms in total. The van der Waals surface area contributed by atoms with E-state index in [-0.39, 0.29) is 0 Å². The molecule has 0 amide bonds. The quantitative estimate of drug-likeness (QED) is 0.491. The van der Waals surface area contributed by atoms with Gasteiger partial charge < -0.3 is 9.47 Å². The summed E-state index contributed by atoms with van der Waals surface area (Å²) in [5, 5.41) is 0. The number of unbranched alkanes of at least 4 members (excludes halogenated alkanes) is 2. The highest BCUT2D eigenvalue weighted by atomic mass is 16.5. The molecule has 0 N–H and O–H groups in total. The second-order valence-corrected chi connectivity index (χ2v) is 6.14. The van der Waals surface area contributed by atoms with Crippen LogP contribution in [-0.2, 0) is 0 Å². The molecule has 1 heterocycles. The molecular formula is C21H26N2O2. The Hall–Kier alpha value is -2.49. The van der Waals surface area contributed by atoms with Gasteiger partial charge in [-0.15, -0.1) is 0 Å². The number of rotatable bonds is 9. The Kier molecular flexibility index (Phi) is 5.94. The van der Waals surface area contributed by atoms with Gasteiger partial charge in [-0.2, -0.15) is 0 Å². The predicted molar refractivity (Wildman–Crippen MR) is 102 cm³/mol. The maximum absolute atomic E-state index is 6.01. The van der Waals surface area contributed by atoms with Crippen LogP contribution < -0.4 is 9.47 Å². The van der Waals surface area contributed by atoms with E-state index in [0.29, 0.717) is 13.2 Å². The Balaban J connectivity index is 1.96. The van der Waals surface area contributed by atoms with E-state index in [1.165, 1.54) is 0 Å². The van der Waals surface area contributed by atoms with Crippen LogP contribution >= 0.6 is 0 Å². The maximum Gasteiger partial charge on any atom is 0.163 e. The van der Waals surface area contributed by atoms with Crippen molar-refractivity contribution in [3.63, 3.8) is 0 Å². The molecule has 0 atom stereocenters. The molecule has 0 aliphatic rings. The molecule has 0 radical (unpaired) electrons. The van der Waals surface area contributed by atoms with E-state index in [0.717, 1.165) is 53.9 Å². The van der Waals surface area contributed by atoms with E-state index in [4.69, 9.17) is 9.47 Å². The average Bonchev–Trinajstić information content (AvgIpc) is 3.05. The smallest absolute Gasteiger partial charge is 0.163 e. The minimum atomic E-state index is 0.700. The first-order valence-electron chi connectivity index (χ1n) is 9.15. The molecule has 1 aromatic heterocycles. The van der Waals surface area contributed by atoms with Crippen molar-refractivity contribution < 1.29 is 9.47 Å². The van der Waals surface area contributed by atoms with Gasteiger partial charge in [-0.05, 0) is 25.0 Å². The topological polar surface area (TPSA) is 36.3 Å². The van der Waals surface area contributed by atoms with Crippen molar-refractivity contribution in [1.82, 2.24) is 9.55 Å². The highest BCUT2D eigenvalue weighted by molar-refractivity contribution is 5.81. The number of fused-ring (bicyclic) bond motifs is 1. The molecule has 4 heteroatoms. The first kappa shape index (κ1) is 17.3. The average molecular weight is 338 g/mol. The third-order valence-corrected chi connectivity index (χ3v) is 4.16. The van der Waals surface area contributed by atoms with Crippen LogP contribution in [0.3, 0.4) is 0 Å². The summed E-state index contributed by atoms with van der Waals surface area (Å²) in [5.41, 5.74) is 3.03. The number of hydrogen-bond acceptors (Lipinski definition) is 3. The molecule has 132 valence electrons. The van der Waals surface area contributed by atoms with Crippen molar-refractivity contribution in [2.75, 3.05) is 13.2 Å². The lowest BCUT2D eigenvalue weighted by Crippen LogP contribution is -2.03. The Bertz CT molecular complexity index is 796. The zero-order valence-corrected chi connectivity index (χ0v) is 15.1. The summed E-state index contributed by atoms with van der Waals surface area (Å²) >= 11 is 0. The zero-order valence-electron chi connectivity index (χ0n) is 15.1. The van der Waals surface area contributed by atoms with Gasteiger partial charge in [0.2, 0.25) is 0 Å². The van der Waals surface area contributed by atoms with Gasteiger partial charge >= 0.3 is 0 Å². The summed E-state index contributed by atoms with van der Waals surface area (Å²) in [4.78, 5) is 4.55. The summed E-state index contributed by atoms with van der Waals surface area (Å²) in [6, 6.07) is 14.3. The van der Waals surface area contributed by atoms with Gasteiger partial charge in [0.15, 0.2) is 11.5 Å². The van der Waals surface area contributed by atoms with Crippen LogP contribution in [0, 0.1) is 0 Å². The monoisotopic (exact) mass is 338 g/mol. The molecule has 0 aliphatic carbocycles. The van der Waals surface area contributed by atoms with Crippen molar-refractivity contribution in [3.05, 3.63) is 48.8 Å². The highest BCUT2D eigenvalue weighted by Gasteiger charge is 2.12. The third kappa shape index (κ3) is 4.13. The van der Waals surface area contributed by atoms with E-state index in [1.807, 2.05) is 36.7 Å². The van der Waals surface area contributed by atoms with Crippen molar-refractivity contribution in [1.29, 1.82) is 0 Å². The Morgan fingerprint density at radius 2 is 1.52 bits per heavy atom. The standard InChI is InChI=1S/C21H26N2O2/c1-3-5-12-24-20-14-18-19(15-21(20)25-13-6-4-2)23(16-22-18)17-10-8-7-9-11-17/h7-11,14-16H,3-6,12-13H2,1-2H3. The number of aromatic nitrogens is 2. The van der Waals surface area contributed by atoms with E-state index >= 15 is 0 Å². The van der Waals surface area contributed by atoms with Crippen LogP contribution in [0.5, 0.6) is 11.5 Å². The fraction of sp³-hybridized carbons (Fsp3) is 0.381. The van der Waals surface area contributed by atoms with Crippen molar-refractivity contribution in [2.45, 2.75) is 39.5 Å². The second-order valence-electron chi connectivity index (χ2n) is 6.14. The number of para-hydroxylation sites is 1. The number of benzene rings is 2. The lowest BCUT2D eigenvalue weighted by molar-refractivity contribution is 0.262. The first-order valence-corrected chi connectivity index (χ1v) is 9.15. The number of hydrogen-bond donors (Lipinski definition) is 0. The van der Waals surface area contributed by atoms with Gasteiger partial charge in [0, 0.05) is 17.8 Å². The van der Waals surface area contributed by atoms with E-state index in [9.17, 15) is 0 Å². The van der Waals surface area contributed by atoms with Gasteiger partial charge in [0.1, 0.15) is 6.33 Å². The fourth-order valence-corrected chi connectivity index (χ4v) is 2.69. The first-order chi connectivity index (χ1) is 12.3.